The van der Waals surface area contributed by atoms with Crippen LogP contribution in [0.1, 0.15) is 5.69 Å². The molecule has 0 N–H and O–H groups in total. The third-order valence-electron chi connectivity index (χ3n) is 5.05. The number of anilines is 1. The minimum Gasteiger partial charge on any atom is -0.368 e. The summed E-state index contributed by atoms with van der Waals surface area (Å²) >= 11 is 1.38. The molecule has 0 radical (unpaired) electrons. The summed E-state index contributed by atoms with van der Waals surface area (Å²) in [5, 5.41) is 0.618. The molecule has 0 unspecified atom stereocenters. The molecule has 1 aliphatic heterocycles. The zero-order valence-electron chi connectivity index (χ0n) is 16.8. The van der Waals surface area contributed by atoms with Crippen LogP contribution in [0.25, 0.3) is 11.3 Å². The second-order valence-electron chi connectivity index (χ2n) is 7.18. The molecule has 4 rings (SSSR count). The van der Waals surface area contributed by atoms with Crippen LogP contribution < -0.4 is 4.90 Å². The first-order chi connectivity index (χ1) is 14.6. The first-order valence-corrected chi connectivity index (χ1v) is 10.9. The van der Waals surface area contributed by atoms with Crippen molar-refractivity contribution in [2.75, 3.05) is 36.8 Å². The average Bonchev–Trinajstić information content (AvgIpc) is 2.78. The number of rotatable bonds is 5. The van der Waals surface area contributed by atoms with Gasteiger partial charge in [0.25, 0.3) is 0 Å². The molecule has 1 saturated heterocycles. The minimum absolute atomic E-state index is 0.0881. The quantitative estimate of drug-likeness (QED) is 0.459. The summed E-state index contributed by atoms with van der Waals surface area (Å²) in [4.78, 5) is 25.8. The van der Waals surface area contributed by atoms with Crippen molar-refractivity contribution in [2.45, 2.75) is 12.1 Å². The fourth-order valence-electron chi connectivity index (χ4n) is 3.45. The SMILES string of the molecule is Cc1cc(-c2ccccc2)nc(SCC(=O)N2CCN(c3ccc(F)cc3)CC2)n1. The summed E-state index contributed by atoms with van der Waals surface area (Å²) < 4.78 is 13.1. The van der Waals surface area contributed by atoms with Crippen LogP contribution in [0, 0.1) is 12.7 Å². The Hall–Kier alpha value is -2.93. The Kier molecular flexibility index (Phi) is 6.28. The van der Waals surface area contributed by atoms with Gasteiger partial charge in [0.05, 0.1) is 11.4 Å². The minimum atomic E-state index is -0.238. The van der Waals surface area contributed by atoms with Crippen molar-refractivity contribution in [2.24, 2.45) is 0 Å². The van der Waals surface area contributed by atoms with Crippen molar-refractivity contribution >= 4 is 23.4 Å². The van der Waals surface area contributed by atoms with E-state index in [2.05, 4.69) is 14.9 Å². The standard InChI is InChI=1S/C23H23FN4OS/c1-17-15-21(18-5-3-2-4-6-18)26-23(25-17)30-16-22(29)28-13-11-27(12-14-28)20-9-7-19(24)8-10-20/h2-10,15H,11-14,16H2,1H3. The van der Waals surface area contributed by atoms with E-state index in [0.29, 0.717) is 24.0 Å². The number of halogens is 1. The van der Waals surface area contributed by atoms with Gasteiger partial charge in [0, 0.05) is 43.1 Å². The third-order valence-corrected chi connectivity index (χ3v) is 5.88. The highest BCUT2D eigenvalue weighted by molar-refractivity contribution is 7.99. The second kappa shape index (κ2) is 9.26. The first kappa shape index (κ1) is 20.3. The number of carbonyl (C=O) groups excluding carboxylic acids is 1. The van der Waals surface area contributed by atoms with Gasteiger partial charge in [0.15, 0.2) is 5.16 Å². The number of aryl methyl sites for hydroxylation is 1. The monoisotopic (exact) mass is 422 g/mol. The summed E-state index contributed by atoms with van der Waals surface area (Å²) in [6.07, 6.45) is 0. The lowest BCUT2D eigenvalue weighted by Crippen LogP contribution is -2.49. The number of aromatic nitrogens is 2. The summed E-state index contributed by atoms with van der Waals surface area (Å²) in [6, 6.07) is 18.4. The number of benzene rings is 2. The molecule has 1 fully saturated rings. The van der Waals surface area contributed by atoms with E-state index in [-0.39, 0.29) is 11.7 Å². The number of hydrogen-bond acceptors (Lipinski definition) is 5. The van der Waals surface area contributed by atoms with E-state index in [1.165, 1.54) is 23.9 Å². The molecule has 5 nitrogen and oxygen atoms in total. The van der Waals surface area contributed by atoms with Crippen molar-refractivity contribution in [1.29, 1.82) is 0 Å². The van der Waals surface area contributed by atoms with Crippen molar-refractivity contribution < 1.29 is 9.18 Å². The third kappa shape index (κ3) is 4.97. The van der Waals surface area contributed by atoms with Crippen molar-refractivity contribution in [3.63, 3.8) is 0 Å². The van der Waals surface area contributed by atoms with Crippen LogP contribution in [0.4, 0.5) is 10.1 Å². The van der Waals surface area contributed by atoms with Gasteiger partial charge in [-0.05, 0) is 37.3 Å². The molecule has 0 aliphatic carbocycles. The molecular formula is C23H23FN4OS. The second-order valence-corrected chi connectivity index (χ2v) is 8.12. The van der Waals surface area contributed by atoms with E-state index in [0.717, 1.165) is 35.7 Å². The zero-order valence-corrected chi connectivity index (χ0v) is 17.6. The lowest BCUT2D eigenvalue weighted by atomic mass is 10.1. The highest BCUT2D eigenvalue weighted by Crippen LogP contribution is 2.22. The van der Waals surface area contributed by atoms with Crippen LogP contribution in [0.3, 0.4) is 0 Å². The zero-order chi connectivity index (χ0) is 20.9. The van der Waals surface area contributed by atoms with Crippen LogP contribution >= 0.6 is 11.8 Å². The Morgan fingerprint density at radius 1 is 1.00 bits per heavy atom. The number of amides is 1. The van der Waals surface area contributed by atoms with Gasteiger partial charge in [-0.2, -0.15) is 0 Å². The van der Waals surface area contributed by atoms with Crippen LogP contribution in [0.2, 0.25) is 0 Å². The van der Waals surface area contributed by atoms with Gasteiger partial charge in [-0.15, -0.1) is 0 Å². The molecule has 0 saturated carbocycles. The van der Waals surface area contributed by atoms with E-state index in [4.69, 9.17) is 0 Å². The van der Waals surface area contributed by atoms with Gasteiger partial charge < -0.3 is 9.80 Å². The number of carbonyl (C=O) groups is 1. The number of thioether (sulfide) groups is 1. The van der Waals surface area contributed by atoms with Crippen LogP contribution in [0.15, 0.2) is 65.8 Å². The summed E-state index contributed by atoms with van der Waals surface area (Å²) in [5.41, 5.74) is 3.77. The highest BCUT2D eigenvalue weighted by atomic mass is 32.2. The van der Waals surface area contributed by atoms with E-state index in [1.54, 1.807) is 12.1 Å². The predicted octanol–water partition coefficient (Wildman–Crippen LogP) is 4.03. The highest BCUT2D eigenvalue weighted by Gasteiger charge is 2.21. The molecule has 1 amide bonds. The average molecular weight is 423 g/mol. The summed E-state index contributed by atoms with van der Waals surface area (Å²) in [5.74, 6) is 0.164. The molecule has 0 atom stereocenters. The first-order valence-electron chi connectivity index (χ1n) is 9.91. The normalized spacial score (nSPS) is 14.1. The van der Waals surface area contributed by atoms with Crippen LogP contribution in [-0.2, 0) is 4.79 Å². The molecule has 154 valence electrons. The molecule has 3 aromatic rings. The molecule has 0 spiro atoms. The maximum absolute atomic E-state index is 13.1. The Balaban J connectivity index is 1.33. The van der Waals surface area contributed by atoms with Gasteiger partial charge >= 0.3 is 0 Å². The van der Waals surface area contributed by atoms with Crippen molar-refractivity contribution in [3.8, 4) is 11.3 Å². The number of piperazine rings is 1. The number of hydrogen-bond donors (Lipinski definition) is 0. The van der Waals surface area contributed by atoms with Gasteiger partial charge in [-0.3, -0.25) is 4.79 Å². The largest absolute Gasteiger partial charge is 0.368 e. The molecule has 2 heterocycles. The summed E-state index contributed by atoms with van der Waals surface area (Å²) in [6.45, 7) is 4.72. The molecular weight excluding hydrogens is 399 g/mol. The Bertz CT molecular complexity index is 1010. The smallest absolute Gasteiger partial charge is 0.233 e. The van der Waals surface area contributed by atoms with Crippen LogP contribution in [-0.4, -0.2) is 52.7 Å². The predicted molar refractivity (Wildman–Crippen MR) is 118 cm³/mol. The molecule has 2 aromatic carbocycles. The van der Waals surface area contributed by atoms with Crippen LogP contribution in [0.5, 0.6) is 0 Å². The fraction of sp³-hybridized carbons (Fsp3) is 0.261. The number of nitrogens with zero attached hydrogens (tertiary/aromatic N) is 4. The Labute approximate surface area is 180 Å². The lowest BCUT2D eigenvalue weighted by Gasteiger charge is -2.36. The van der Waals surface area contributed by atoms with E-state index >= 15 is 0 Å². The van der Waals surface area contributed by atoms with Gasteiger partial charge in [-0.1, -0.05) is 42.1 Å². The molecule has 1 aromatic heterocycles. The Morgan fingerprint density at radius 2 is 1.70 bits per heavy atom. The van der Waals surface area contributed by atoms with Crippen molar-refractivity contribution in [1.82, 2.24) is 14.9 Å². The maximum Gasteiger partial charge on any atom is 0.233 e. The van der Waals surface area contributed by atoms with E-state index < -0.39 is 0 Å². The molecule has 1 aliphatic rings. The molecule has 0 bridgehead atoms. The van der Waals surface area contributed by atoms with Gasteiger partial charge in [0.2, 0.25) is 5.91 Å². The maximum atomic E-state index is 13.1. The fourth-order valence-corrected chi connectivity index (χ4v) is 4.25. The lowest BCUT2D eigenvalue weighted by molar-refractivity contribution is -0.128. The topological polar surface area (TPSA) is 49.3 Å². The van der Waals surface area contributed by atoms with Gasteiger partial charge in [-0.25, -0.2) is 14.4 Å². The van der Waals surface area contributed by atoms with Gasteiger partial charge in [0.1, 0.15) is 5.82 Å². The Morgan fingerprint density at radius 3 is 2.40 bits per heavy atom. The van der Waals surface area contributed by atoms with E-state index in [1.807, 2.05) is 48.2 Å². The van der Waals surface area contributed by atoms with Crippen molar-refractivity contribution in [3.05, 3.63) is 72.2 Å². The molecule has 7 heteroatoms. The molecule has 30 heavy (non-hydrogen) atoms. The summed E-state index contributed by atoms with van der Waals surface area (Å²) in [7, 11) is 0. The van der Waals surface area contributed by atoms with E-state index in [9.17, 15) is 9.18 Å².